The van der Waals surface area contributed by atoms with E-state index in [1.54, 1.807) is 0 Å². The summed E-state index contributed by atoms with van der Waals surface area (Å²) in [6.07, 6.45) is 0. The lowest BCUT2D eigenvalue weighted by Gasteiger charge is -2.14. The average molecular weight is 573 g/mol. The molecule has 3 aromatic heterocycles. The van der Waals surface area contributed by atoms with E-state index >= 15 is 0 Å². The fourth-order valence-corrected chi connectivity index (χ4v) is 7.22. The first-order chi connectivity index (χ1) is 22.3. The highest BCUT2D eigenvalue weighted by atomic mass is 16.3. The number of hydrogen-bond acceptors (Lipinski definition) is 3. The Bertz CT molecular complexity index is 2810. The second-order valence-electron chi connectivity index (χ2n) is 11.7. The lowest BCUT2D eigenvalue weighted by Crippen LogP contribution is -1.93. The molecule has 10 aromatic rings. The summed E-state index contributed by atoms with van der Waals surface area (Å²) in [6.45, 7) is 0. The first-order valence-corrected chi connectivity index (χ1v) is 15.3. The number of pyridine rings is 2. The summed E-state index contributed by atoms with van der Waals surface area (Å²) in [7, 11) is 0. The molecule has 0 N–H and O–H groups in total. The number of furan rings is 1. The molecular formula is C42H24N2O. The van der Waals surface area contributed by atoms with Gasteiger partial charge in [0.05, 0.1) is 27.8 Å². The van der Waals surface area contributed by atoms with Crippen molar-refractivity contribution in [2.75, 3.05) is 0 Å². The highest BCUT2D eigenvalue weighted by Crippen LogP contribution is 2.45. The van der Waals surface area contributed by atoms with Crippen LogP contribution < -0.4 is 0 Å². The molecule has 3 heteroatoms. The second-order valence-corrected chi connectivity index (χ2v) is 11.7. The van der Waals surface area contributed by atoms with E-state index in [4.69, 9.17) is 14.4 Å². The predicted molar refractivity (Wildman–Crippen MR) is 188 cm³/mol. The van der Waals surface area contributed by atoms with E-state index < -0.39 is 0 Å². The topological polar surface area (TPSA) is 38.9 Å². The van der Waals surface area contributed by atoms with Crippen LogP contribution in [0, 0.1) is 0 Å². The van der Waals surface area contributed by atoms with Crippen LogP contribution in [0.1, 0.15) is 0 Å². The third-order valence-electron chi connectivity index (χ3n) is 9.21. The van der Waals surface area contributed by atoms with E-state index in [1.165, 1.54) is 5.39 Å². The maximum Gasteiger partial charge on any atom is 0.146 e. The summed E-state index contributed by atoms with van der Waals surface area (Å²) in [5, 5.41) is 11.3. The Hall–Kier alpha value is -6.06. The van der Waals surface area contributed by atoms with Gasteiger partial charge in [-0.15, -0.1) is 0 Å². The molecule has 0 fully saturated rings. The minimum Gasteiger partial charge on any atom is -0.455 e. The van der Waals surface area contributed by atoms with Gasteiger partial charge in [-0.1, -0.05) is 127 Å². The maximum atomic E-state index is 6.63. The zero-order valence-electron chi connectivity index (χ0n) is 24.2. The third-order valence-corrected chi connectivity index (χ3v) is 9.21. The maximum absolute atomic E-state index is 6.63. The summed E-state index contributed by atoms with van der Waals surface area (Å²) in [5.41, 5.74) is 7.84. The highest BCUT2D eigenvalue weighted by molar-refractivity contribution is 6.34. The van der Waals surface area contributed by atoms with Crippen LogP contribution in [0.4, 0.5) is 0 Å². The number of aromatic nitrogens is 2. The quantitative estimate of drug-likeness (QED) is 0.193. The van der Waals surface area contributed by atoms with Gasteiger partial charge in [-0.2, -0.15) is 0 Å². The fraction of sp³-hybridized carbons (Fsp3) is 0. The number of fused-ring (bicyclic) bond motifs is 13. The molecule has 0 aliphatic rings. The van der Waals surface area contributed by atoms with Crippen LogP contribution in [0.3, 0.4) is 0 Å². The molecule has 45 heavy (non-hydrogen) atoms. The lowest BCUT2D eigenvalue weighted by atomic mass is 9.93. The summed E-state index contributed by atoms with van der Waals surface area (Å²) >= 11 is 0. The molecule has 0 aliphatic heterocycles. The van der Waals surface area contributed by atoms with Crippen molar-refractivity contribution in [1.82, 2.24) is 9.97 Å². The Morgan fingerprint density at radius 3 is 1.73 bits per heavy atom. The highest BCUT2D eigenvalue weighted by Gasteiger charge is 2.21. The Morgan fingerprint density at radius 2 is 0.956 bits per heavy atom. The first-order valence-electron chi connectivity index (χ1n) is 15.3. The molecule has 3 nitrogen and oxygen atoms in total. The van der Waals surface area contributed by atoms with Gasteiger partial charge in [-0.3, -0.25) is 0 Å². The number of hydrogen-bond donors (Lipinski definition) is 0. The van der Waals surface area contributed by atoms with E-state index in [2.05, 4.69) is 133 Å². The summed E-state index contributed by atoms with van der Waals surface area (Å²) < 4.78 is 6.63. The van der Waals surface area contributed by atoms with Crippen LogP contribution in [-0.4, -0.2) is 9.97 Å². The summed E-state index contributed by atoms with van der Waals surface area (Å²) in [4.78, 5) is 10.7. The van der Waals surface area contributed by atoms with Crippen molar-refractivity contribution in [3.05, 3.63) is 146 Å². The number of para-hydroxylation sites is 1. The number of nitrogens with zero attached hydrogens (tertiary/aromatic N) is 2. The molecular weight excluding hydrogens is 548 g/mol. The second kappa shape index (κ2) is 9.22. The molecule has 0 unspecified atom stereocenters. The molecule has 0 aliphatic carbocycles. The van der Waals surface area contributed by atoms with Gasteiger partial charge in [0, 0.05) is 43.4 Å². The normalized spacial score (nSPS) is 12.0. The molecule has 0 atom stereocenters. The molecule has 7 aromatic carbocycles. The van der Waals surface area contributed by atoms with Crippen LogP contribution in [0.5, 0.6) is 0 Å². The van der Waals surface area contributed by atoms with Gasteiger partial charge in [0.2, 0.25) is 0 Å². The van der Waals surface area contributed by atoms with E-state index in [-0.39, 0.29) is 0 Å². The van der Waals surface area contributed by atoms with Crippen molar-refractivity contribution in [2.45, 2.75) is 0 Å². The van der Waals surface area contributed by atoms with Gasteiger partial charge in [0.15, 0.2) is 0 Å². The van der Waals surface area contributed by atoms with Crippen LogP contribution in [-0.2, 0) is 0 Å². The zero-order chi connectivity index (χ0) is 29.5. The molecule has 0 spiro atoms. The minimum atomic E-state index is 0.891. The monoisotopic (exact) mass is 572 g/mol. The molecule has 10 rings (SSSR count). The Kier molecular flexibility index (Phi) is 5.00. The SMILES string of the molecule is c1ccc(-c2nc3ccc(-c4nc5c6ccccc6c6c7ccccc7oc6c5c5ccccc45)cc3c3ccccc23)cc1. The predicted octanol–water partition coefficient (Wildman–Crippen LogP) is 11.5. The standard InChI is InChI=1S/C42H24N2O/c1-2-12-25(13-3-1)39-30-17-7-4-14-27(30)34-24-26(22-23-35(34)43-39)40-31-18-8-6-16-29(31)38-41(44-40)32-19-9-5-15-28(32)37-33-20-10-11-21-36(33)45-42(37)38/h1-24H. The van der Waals surface area contributed by atoms with Crippen LogP contribution >= 0.6 is 0 Å². The Morgan fingerprint density at radius 1 is 0.378 bits per heavy atom. The van der Waals surface area contributed by atoms with E-state index in [0.717, 1.165) is 93.2 Å². The molecule has 0 bridgehead atoms. The van der Waals surface area contributed by atoms with Crippen molar-refractivity contribution >= 4 is 76.1 Å². The van der Waals surface area contributed by atoms with Crippen molar-refractivity contribution in [3.63, 3.8) is 0 Å². The molecule has 0 saturated carbocycles. The Labute approximate surface area is 258 Å². The molecule has 0 saturated heterocycles. The van der Waals surface area contributed by atoms with E-state index in [9.17, 15) is 0 Å². The van der Waals surface area contributed by atoms with Gasteiger partial charge < -0.3 is 4.42 Å². The third kappa shape index (κ3) is 3.46. The lowest BCUT2D eigenvalue weighted by molar-refractivity contribution is 0.673. The molecule has 3 heterocycles. The van der Waals surface area contributed by atoms with E-state index in [0.29, 0.717) is 0 Å². The Balaban J connectivity index is 1.32. The number of rotatable bonds is 2. The minimum absolute atomic E-state index is 0.891. The van der Waals surface area contributed by atoms with Gasteiger partial charge in [-0.25, -0.2) is 9.97 Å². The van der Waals surface area contributed by atoms with Crippen molar-refractivity contribution in [1.29, 1.82) is 0 Å². The summed E-state index contributed by atoms with van der Waals surface area (Å²) in [6, 6.07) is 51.1. The first kappa shape index (κ1) is 24.4. The van der Waals surface area contributed by atoms with Gasteiger partial charge in [0.25, 0.3) is 0 Å². The zero-order valence-corrected chi connectivity index (χ0v) is 24.2. The van der Waals surface area contributed by atoms with Crippen molar-refractivity contribution in [3.8, 4) is 22.5 Å². The van der Waals surface area contributed by atoms with Gasteiger partial charge >= 0.3 is 0 Å². The van der Waals surface area contributed by atoms with Crippen LogP contribution in [0.25, 0.3) is 98.6 Å². The van der Waals surface area contributed by atoms with E-state index in [1.807, 2.05) is 12.1 Å². The molecule has 208 valence electrons. The van der Waals surface area contributed by atoms with Crippen molar-refractivity contribution < 1.29 is 4.42 Å². The average Bonchev–Trinajstić information content (AvgIpc) is 3.51. The van der Waals surface area contributed by atoms with Gasteiger partial charge in [-0.05, 0) is 34.4 Å². The number of benzene rings is 7. The largest absolute Gasteiger partial charge is 0.455 e. The van der Waals surface area contributed by atoms with Crippen LogP contribution in [0.15, 0.2) is 150 Å². The van der Waals surface area contributed by atoms with Crippen molar-refractivity contribution in [2.24, 2.45) is 0 Å². The summed E-state index contributed by atoms with van der Waals surface area (Å²) in [5.74, 6) is 0. The van der Waals surface area contributed by atoms with Crippen LogP contribution in [0.2, 0.25) is 0 Å². The molecule has 0 radical (unpaired) electrons. The smallest absolute Gasteiger partial charge is 0.146 e. The molecule has 0 amide bonds. The fourth-order valence-electron chi connectivity index (χ4n) is 7.22. The van der Waals surface area contributed by atoms with Gasteiger partial charge in [0.1, 0.15) is 11.2 Å².